The first-order valence-electron chi connectivity index (χ1n) is 3.96. The van der Waals surface area contributed by atoms with E-state index < -0.39 is 0 Å². The third-order valence-electron chi connectivity index (χ3n) is 2.82. The quantitative estimate of drug-likeness (QED) is 0.473. The van der Waals surface area contributed by atoms with Gasteiger partial charge >= 0.3 is 0 Å². The predicted molar refractivity (Wildman–Crippen MR) is 40.0 cm³/mol. The van der Waals surface area contributed by atoms with Crippen molar-refractivity contribution in [1.29, 1.82) is 0 Å². The van der Waals surface area contributed by atoms with Crippen LogP contribution < -0.4 is 5.32 Å². The molecule has 0 atom stereocenters. The number of hydrogen-bond donors (Lipinski definition) is 1. The highest BCUT2D eigenvalue weighted by Crippen LogP contribution is 2.48. The fourth-order valence-corrected chi connectivity index (χ4v) is 1.93. The Kier molecular flexibility index (Phi) is 1.29. The molecule has 0 aromatic rings. The van der Waals surface area contributed by atoms with Crippen molar-refractivity contribution in [3.63, 3.8) is 0 Å². The van der Waals surface area contributed by atoms with E-state index in [1.54, 1.807) is 0 Å². The third-order valence-corrected chi connectivity index (χ3v) is 2.82. The Morgan fingerprint density at radius 1 is 1.11 bits per heavy atom. The average Bonchev–Trinajstić information content (AvgIpc) is 1.87. The van der Waals surface area contributed by atoms with Crippen molar-refractivity contribution in [3.8, 4) is 0 Å². The average molecular weight is 122 g/mol. The molecule has 1 N–H and O–H groups in total. The number of hydrogen-bond acceptors (Lipinski definition) is 1. The van der Waals surface area contributed by atoms with Crippen LogP contribution in [0.25, 0.3) is 0 Å². The Hall–Kier alpha value is 0.0249. The molecule has 2 aliphatic rings. The summed E-state index contributed by atoms with van der Waals surface area (Å²) in [6, 6.07) is 0. The molecule has 2 saturated heterocycles. The molecule has 0 bridgehead atoms. The molecule has 0 amide bonds. The van der Waals surface area contributed by atoms with Crippen LogP contribution in [0, 0.1) is 0 Å². The molecule has 2 rings (SSSR count). The molecule has 0 unspecified atom stereocenters. The van der Waals surface area contributed by atoms with Crippen LogP contribution >= 0.6 is 0 Å². The minimum absolute atomic E-state index is 0.714. The van der Waals surface area contributed by atoms with E-state index >= 15 is 0 Å². The van der Waals surface area contributed by atoms with Gasteiger partial charge in [0.2, 0.25) is 0 Å². The summed E-state index contributed by atoms with van der Waals surface area (Å²) in [5.74, 6) is 0. The van der Waals surface area contributed by atoms with Gasteiger partial charge in [0.15, 0.2) is 0 Å². The molecule has 2 heterocycles. The Morgan fingerprint density at radius 2 is 1.78 bits per heavy atom. The first-order chi connectivity index (χ1) is 4.41. The maximum absolute atomic E-state index is 3.39. The van der Waals surface area contributed by atoms with Gasteiger partial charge in [0, 0.05) is 0 Å². The maximum Gasteiger partial charge on any atom is 0.117 e. The number of nitrogens with one attached hydrogen (secondary N) is 1. The summed E-state index contributed by atoms with van der Waals surface area (Å²) in [4.78, 5) is 0. The topological polar surface area (TPSA) is 12.0 Å². The monoisotopic (exact) mass is 122 g/mol. The summed E-state index contributed by atoms with van der Waals surface area (Å²) in [5, 5.41) is 4.10. The molecule has 9 heavy (non-hydrogen) atoms. The van der Waals surface area contributed by atoms with Gasteiger partial charge in [0.25, 0.3) is 0 Å². The third kappa shape index (κ3) is 0.897. The van der Waals surface area contributed by atoms with Crippen LogP contribution in [0.4, 0.5) is 0 Å². The van der Waals surface area contributed by atoms with E-state index in [1.807, 2.05) is 0 Å². The van der Waals surface area contributed by atoms with Crippen LogP contribution in [0.3, 0.4) is 0 Å². The minimum atomic E-state index is 0.714. The SMILES string of the molecule is [B]1CCC12CCNCC2. The summed E-state index contributed by atoms with van der Waals surface area (Å²) in [7, 11) is 2.52. The molecular formula is C7H13BN. The Balaban J connectivity index is 1.93. The van der Waals surface area contributed by atoms with Crippen molar-refractivity contribution >= 4 is 7.28 Å². The number of rotatable bonds is 0. The van der Waals surface area contributed by atoms with Crippen LogP contribution in [-0.4, -0.2) is 20.4 Å². The van der Waals surface area contributed by atoms with Gasteiger partial charge in [0.05, 0.1) is 0 Å². The molecule has 2 aliphatic heterocycles. The Labute approximate surface area is 57.5 Å². The molecule has 1 nitrogen and oxygen atoms in total. The Bertz CT molecular complexity index is 101. The summed E-state index contributed by atoms with van der Waals surface area (Å²) in [5.41, 5.74) is 0. The van der Waals surface area contributed by atoms with Gasteiger partial charge in [-0.2, -0.15) is 0 Å². The predicted octanol–water partition coefficient (Wildman–Crippen LogP) is 1.05. The normalized spacial score (nSPS) is 31.1. The van der Waals surface area contributed by atoms with Crippen LogP contribution in [0.5, 0.6) is 0 Å². The zero-order chi connectivity index (χ0) is 6.16. The molecular weight excluding hydrogens is 109 g/mol. The lowest BCUT2D eigenvalue weighted by atomic mass is 9.35. The van der Waals surface area contributed by atoms with E-state index in [0.29, 0.717) is 5.31 Å². The van der Waals surface area contributed by atoms with Crippen molar-refractivity contribution in [2.45, 2.75) is 30.9 Å². The van der Waals surface area contributed by atoms with Gasteiger partial charge in [-0.05, 0) is 25.9 Å². The second kappa shape index (κ2) is 2.01. The summed E-state index contributed by atoms with van der Waals surface area (Å²) >= 11 is 0. The highest BCUT2D eigenvalue weighted by Gasteiger charge is 2.37. The second-order valence-electron chi connectivity index (χ2n) is 3.36. The molecule has 0 saturated carbocycles. The zero-order valence-electron chi connectivity index (χ0n) is 5.82. The van der Waals surface area contributed by atoms with Gasteiger partial charge in [0.1, 0.15) is 7.28 Å². The van der Waals surface area contributed by atoms with Crippen molar-refractivity contribution in [2.75, 3.05) is 13.1 Å². The maximum atomic E-state index is 3.39. The van der Waals surface area contributed by atoms with Gasteiger partial charge in [-0.3, -0.25) is 0 Å². The molecule has 2 heteroatoms. The lowest BCUT2D eigenvalue weighted by Gasteiger charge is -2.44. The molecule has 1 radical (unpaired) electrons. The standard InChI is InChI=1S/C7H13BN/c1-4-8-7(1)2-5-9-6-3-7/h9H,1-6H2. The highest BCUT2D eigenvalue weighted by atomic mass is 14.9. The van der Waals surface area contributed by atoms with Gasteiger partial charge in [-0.15, -0.1) is 0 Å². The number of piperidine rings is 1. The minimum Gasteiger partial charge on any atom is -0.317 e. The fourth-order valence-electron chi connectivity index (χ4n) is 1.93. The molecule has 49 valence electrons. The molecule has 0 aliphatic carbocycles. The van der Waals surface area contributed by atoms with E-state index in [9.17, 15) is 0 Å². The summed E-state index contributed by atoms with van der Waals surface area (Å²) in [6.07, 6.45) is 5.63. The smallest absolute Gasteiger partial charge is 0.117 e. The summed E-state index contributed by atoms with van der Waals surface area (Å²) in [6.45, 7) is 2.49. The van der Waals surface area contributed by atoms with Gasteiger partial charge < -0.3 is 5.32 Å². The highest BCUT2D eigenvalue weighted by molar-refractivity contribution is 6.44. The largest absolute Gasteiger partial charge is 0.317 e. The molecule has 0 aromatic carbocycles. The van der Waals surface area contributed by atoms with E-state index in [1.165, 1.54) is 38.7 Å². The van der Waals surface area contributed by atoms with Gasteiger partial charge in [-0.25, -0.2) is 0 Å². The second-order valence-corrected chi connectivity index (χ2v) is 3.36. The fraction of sp³-hybridized carbons (Fsp3) is 1.00. The zero-order valence-corrected chi connectivity index (χ0v) is 5.82. The summed E-state index contributed by atoms with van der Waals surface area (Å²) < 4.78 is 0. The molecule has 1 spiro atoms. The van der Waals surface area contributed by atoms with Crippen molar-refractivity contribution in [2.24, 2.45) is 0 Å². The van der Waals surface area contributed by atoms with E-state index in [2.05, 4.69) is 12.6 Å². The van der Waals surface area contributed by atoms with Crippen LogP contribution in [0.15, 0.2) is 0 Å². The first-order valence-corrected chi connectivity index (χ1v) is 3.96. The molecule has 0 aromatic heterocycles. The lowest BCUT2D eigenvalue weighted by molar-refractivity contribution is 0.352. The van der Waals surface area contributed by atoms with Crippen LogP contribution in [-0.2, 0) is 0 Å². The van der Waals surface area contributed by atoms with E-state index in [-0.39, 0.29) is 0 Å². The molecule has 2 fully saturated rings. The van der Waals surface area contributed by atoms with Crippen molar-refractivity contribution in [3.05, 3.63) is 0 Å². The lowest BCUT2D eigenvalue weighted by Crippen LogP contribution is -2.40. The van der Waals surface area contributed by atoms with Crippen LogP contribution in [0.1, 0.15) is 19.3 Å². The van der Waals surface area contributed by atoms with Crippen molar-refractivity contribution in [1.82, 2.24) is 5.32 Å². The first kappa shape index (κ1) is 5.78. The van der Waals surface area contributed by atoms with Gasteiger partial charge in [-0.1, -0.05) is 18.1 Å². The van der Waals surface area contributed by atoms with Crippen LogP contribution in [0.2, 0.25) is 11.6 Å². The van der Waals surface area contributed by atoms with Crippen molar-refractivity contribution < 1.29 is 0 Å². The van der Waals surface area contributed by atoms with E-state index in [4.69, 9.17) is 0 Å². The Morgan fingerprint density at radius 3 is 2.11 bits per heavy atom. The van der Waals surface area contributed by atoms with E-state index in [0.717, 1.165) is 0 Å².